The van der Waals surface area contributed by atoms with E-state index in [-0.39, 0.29) is 11.9 Å². The van der Waals surface area contributed by atoms with Crippen LogP contribution in [0.15, 0.2) is 48.4 Å². The Morgan fingerprint density at radius 3 is 2.92 bits per heavy atom. The van der Waals surface area contributed by atoms with Crippen molar-refractivity contribution in [2.75, 3.05) is 0 Å². The first kappa shape index (κ1) is 17.4. The maximum Gasteiger partial charge on any atom is 0.271 e. The molecule has 0 fully saturated rings. The van der Waals surface area contributed by atoms with Gasteiger partial charge in [-0.25, -0.2) is 9.97 Å². The molecule has 1 atom stereocenters. The maximum absolute atomic E-state index is 12.3. The lowest BCUT2D eigenvalue weighted by molar-refractivity contribution is 0.0932. The molecule has 3 aromatic rings. The Kier molecular flexibility index (Phi) is 5.67. The molecular weight excluding hydrogens is 360 g/mol. The van der Waals surface area contributed by atoms with E-state index in [2.05, 4.69) is 15.3 Å². The minimum Gasteiger partial charge on any atom is -0.486 e. The highest BCUT2D eigenvalue weighted by Crippen LogP contribution is 2.18. The van der Waals surface area contributed by atoms with E-state index in [4.69, 9.17) is 16.3 Å². The van der Waals surface area contributed by atoms with Gasteiger partial charge in [-0.3, -0.25) is 4.79 Å². The Labute approximate surface area is 154 Å². The van der Waals surface area contributed by atoms with Crippen LogP contribution >= 0.6 is 22.9 Å². The molecule has 8 heteroatoms. The van der Waals surface area contributed by atoms with Crippen LogP contribution in [-0.2, 0) is 13.2 Å². The van der Waals surface area contributed by atoms with Gasteiger partial charge in [0.2, 0.25) is 0 Å². The average molecular weight is 377 g/mol. The zero-order valence-electron chi connectivity index (χ0n) is 13.6. The summed E-state index contributed by atoms with van der Waals surface area (Å²) < 4.78 is 7.55. The second-order valence-electron chi connectivity index (χ2n) is 5.50. The van der Waals surface area contributed by atoms with E-state index in [1.165, 1.54) is 11.3 Å². The van der Waals surface area contributed by atoms with Crippen molar-refractivity contribution in [3.05, 3.63) is 64.1 Å². The number of nitrogens with one attached hydrogen (secondary N) is 1. The second kappa shape index (κ2) is 8.13. The van der Waals surface area contributed by atoms with Crippen molar-refractivity contribution in [1.82, 2.24) is 19.9 Å². The number of aromatic nitrogens is 3. The molecule has 0 saturated heterocycles. The summed E-state index contributed by atoms with van der Waals surface area (Å²) >= 11 is 7.23. The number of imidazole rings is 1. The molecule has 1 N–H and O–H groups in total. The lowest BCUT2D eigenvalue weighted by atomic mass is 10.3. The van der Waals surface area contributed by atoms with Gasteiger partial charge in [0, 0.05) is 35.4 Å². The van der Waals surface area contributed by atoms with Gasteiger partial charge < -0.3 is 14.6 Å². The number of thiazole rings is 1. The number of amides is 1. The van der Waals surface area contributed by atoms with E-state index in [1.54, 1.807) is 42.2 Å². The summed E-state index contributed by atoms with van der Waals surface area (Å²) in [6.45, 7) is 2.90. The van der Waals surface area contributed by atoms with Crippen molar-refractivity contribution >= 4 is 28.8 Å². The monoisotopic (exact) mass is 376 g/mol. The highest BCUT2D eigenvalue weighted by Gasteiger charge is 2.14. The number of hydrogen-bond acceptors (Lipinski definition) is 5. The highest BCUT2D eigenvalue weighted by atomic mass is 35.5. The van der Waals surface area contributed by atoms with Crippen LogP contribution in [-0.4, -0.2) is 26.5 Å². The quantitative estimate of drug-likeness (QED) is 0.686. The fraction of sp³-hybridized carbons (Fsp3) is 0.235. The van der Waals surface area contributed by atoms with Gasteiger partial charge in [0.05, 0.1) is 6.33 Å². The van der Waals surface area contributed by atoms with Crippen molar-refractivity contribution < 1.29 is 9.53 Å². The van der Waals surface area contributed by atoms with E-state index in [0.717, 1.165) is 5.01 Å². The lowest BCUT2D eigenvalue weighted by Gasteiger charge is -2.13. The molecule has 1 unspecified atom stereocenters. The molecule has 25 heavy (non-hydrogen) atoms. The van der Waals surface area contributed by atoms with Gasteiger partial charge >= 0.3 is 0 Å². The minimum atomic E-state index is -0.193. The van der Waals surface area contributed by atoms with Gasteiger partial charge in [-0.15, -0.1) is 11.3 Å². The van der Waals surface area contributed by atoms with E-state index in [9.17, 15) is 4.79 Å². The summed E-state index contributed by atoms with van der Waals surface area (Å²) in [6, 6.07) is 7.08. The van der Waals surface area contributed by atoms with Crippen LogP contribution in [0.1, 0.15) is 22.4 Å². The van der Waals surface area contributed by atoms with E-state index in [1.807, 2.05) is 17.7 Å². The van der Waals surface area contributed by atoms with Crippen LogP contribution in [0.3, 0.4) is 0 Å². The van der Waals surface area contributed by atoms with Gasteiger partial charge in [-0.2, -0.15) is 0 Å². The standard InChI is InChI=1S/C17H17ClN4O2S/c1-12(8-22-7-6-19-11-22)20-17(23)15-10-25-16(21-15)9-24-14-4-2-13(18)3-5-14/h2-7,10-12H,8-9H2,1H3,(H,20,23). The molecule has 2 aromatic heterocycles. The number of nitrogens with zero attached hydrogens (tertiary/aromatic N) is 3. The molecule has 0 spiro atoms. The topological polar surface area (TPSA) is 69.0 Å². The number of rotatable bonds is 7. The molecule has 0 radical (unpaired) electrons. The van der Waals surface area contributed by atoms with Crippen molar-refractivity contribution in [3.63, 3.8) is 0 Å². The molecule has 0 aliphatic heterocycles. The van der Waals surface area contributed by atoms with Crippen LogP contribution in [0, 0.1) is 0 Å². The molecule has 0 saturated carbocycles. The Balaban J connectivity index is 1.51. The van der Waals surface area contributed by atoms with Gasteiger partial charge in [-0.1, -0.05) is 11.6 Å². The zero-order chi connectivity index (χ0) is 17.6. The van der Waals surface area contributed by atoms with E-state index in [0.29, 0.717) is 29.6 Å². The molecular formula is C17H17ClN4O2S. The van der Waals surface area contributed by atoms with Crippen LogP contribution < -0.4 is 10.1 Å². The molecule has 3 rings (SSSR count). The fourth-order valence-electron chi connectivity index (χ4n) is 2.21. The summed E-state index contributed by atoms with van der Waals surface area (Å²) in [7, 11) is 0. The number of carbonyl (C=O) groups excluding carboxylic acids is 1. The first-order chi connectivity index (χ1) is 12.1. The predicted molar refractivity (Wildman–Crippen MR) is 97.1 cm³/mol. The molecule has 2 heterocycles. The predicted octanol–water partition coefficient (Wildman–Crippen LogP) is 3.39. The maximum atomic E-state index is 12.3. The van der Waals surface area contributed by atoms with Crippen LogP contribution in [0.25, 0.3) is 0 Å². The van der Waals surface area contributed by atoms with Crippen molar-refractivity contribution in [3.8, 4) is 5.75 Å². The van der Waals surface area contributed by atoms with Gasteiger partial charge in [0.15, 0.2) is 0 Å². The summed E-state index contributed by atoms with van der Waals surface area (Å²) in [5, 5.41) is 6.06. The van der Waals surface area contributed by atoms with Gasteiger partial charge in [0.1, 0.15) is 23.1 Å². The van der Waals surface area contributed by atoms with E-state index < -0.39 is 0 Å². The summed E-state index contributed by atoms with van der Waals surface area (Å²) in [5.41, 5.74) is 0.400. The molecule has 0 bridgehead atoms. The molecule has 0 aliphatic carbocycles. The average Bonchev–Trinajstić information content (AvgIpc) is 3.26. The molecule has 1 aromatic carbocycles. The minimum absolute atomic E-state index is 0.0304. The largest absolute Gasteiger partial charge is 0.486 e. The zero-order valence-corrected chi connectivity index (χ0v) is 15.1. The Morgan fingerprint density at radius 2 is 2.20 bits per heavy atom. The van der Waals surface area contributed by atoms with Crippen molar-refractivity contribution in [2.45, 2.75) is 26.1 Å². The Bertz CT molecular complexity index is 818. The lowest BCUT2D eigenvalue weighted by Crippen LogP contribution is -2.35. The molecule has 6 nitrogen and oxygen atoms in total. The smallest absolute Gasteiger partial charge is 0.271 e. The van der Waals surface area contributed by atoms with Gasteiger partial charge in [-0.05, 0) is 31.2 Å². The number of ether oxygens (including phenoxy) is 1. The Morgan fingerprint density at radius 1 is 1.40 bits per heavy atom. The normalized spacial score (nSPS) is 11.9. The highest BCUT2D eigenvalue weighted by molar-refractivity contribution is 7.09. The molecule has 1 amide bonds. The summed E-state index contributed by atoms with van der Waals surface area (Å²) in [4.78, 5) is 20.6. The van der Waals surface area contributed by atoms with Crippen LogP contribution in [0.5, 0.6) is 5.75 Å². The summed E-state index contributed by atoms with van der Waals surface area (Å²) in [6.07, 6.45) is 5.29. The number of halogens is 1. The summed E-state index contributed by atoms with van der Waals surface area (Å²) in [5.74, 6) is 0.515. The third kappa shape index (κ3) is 5.04. The second-order valence-corrected chi connectivity index (χ2v) is 6.88. The first-order valence-corrected chi connectivity index (χ1v) is 8.95. The van der Waals surface area contributed by atoms with E-state index >= 15 is 0 Å². The number of carbonyl (C=O) groups is 1. The number of hydrogen-bond donors (Lipinski definition) is 1. The third-order valence-corrected chi connectivity index (χ3v) is 4.46. The third-order valence-electron chi connectivity index (χ3n) is 3.38. The van der Waals surface area contributed by atoms with Crippen molar-refractivity contribution in [1.29, 1.82) is 0 Å². The first-order valence-electron chi connectivity index (χ1n) is 7.69. The van der Waals surface area contributed by atoms with Gasteiger partial charge in [0.25, 0.3) is 5.91 Å². The van der Waals surface area contributed by atoms with Crippen LogP contribution in [0.4, 0.5) is 0 Å². The molecule has 130 valence electrons. The Hall–Kier alpha value is -2.38. The number of benzene rings is 1. The van der Waals surface area contributed by atoms with Crippen LogP contribution in [0.2, 0.25) is 5.02 Å². The van der Waals surface area contributed by atoms with Crippen molar-refractivity contribution in [2.24, 2.45) is 0 Å². The molecule has 0 aliphatic rings. The SMILES string of the molecule is CC(Cn1ccnc1)NC(=O)c1csc(COc2ccc(Cl)cc2)n1. The fourth-order valence-corrected chi connectivity index (χ4v) is 3.02.